The molecule has 1 aromatic rings. The van der Waals surface area contributed by atoms with Gasteiger partial charge in [-0.3, -0.25) is 9.69 Å². The van der Waals surface area contributed by atoms with Gasteiger partial charge in [0.2, 0.25) is 0 Å². The number of aromatic hydroxyl groups is 2. The number of phenolic OH excluding ortho intramolecular Hbond substituents is 2. The van der Waals surface area contributed by atoms with Crippen LogP contribution in [0.15, 0.2) is 18.2 Å². The van der Waals surface area contributed by atoms with Crippen LogP contribution in [-0.4, -0.2) is 60.0 Å². The van der Waals surface area contributed by atoms with Crippen molar-refractivity contribution in [3.05, 3.63) is 23.8 Å². The smallest absolute Gasteiger partial charge is 0.176 e. The molecule has 7 heteroatoms. The van der Waals surface area contributed by atoms with Crippen molar-refractivity contribution in [2.24, 2.45) is 0 Å². The second-order valence-corrected chi connectivity index (χ2v) is 7.29. The molecule has 1 aromatic carbocycles. The van der Waals surface area contributed by atoms with Crippen molar-refractivity contribution >= 4 is 15.6 Å². The number of Topliss-reactive ketones (excluding diaryl/α,β-unsaturated/α-hetero) is 1. The van der Waals surface area contributed by atoms with Crippen molar-refractivity contribution in [3.63, 3.8) is 0 Å². The molecule has 0 aromatic heterocycles. The van der Waals surface area contributed by atoms with Gasteiger partial charge in [0, 0.05) is 18.2 Å². The maximum Gasteiger partial charge on any atom is 0.176 e. The van der Waals surface area contributed by atoms with E-state index >= 15 is 0 Å². The maximum atomic E-state index is 12.1. The highest BCUT2D eigenvalue weighted by molar-refractivity contribution is 7.91. The average molecular weight is 299 g/mol. The first-order valence-corrected chi connectivity index (χ1v) is 8.10. The summed E-state index contributed by atoms with van der Waals surface area (Å²) in [5.41, 5.74) is 0.293. The summed E-state index contributed by atoms with van der Waals surface area (Å²) >= 11 is 0. The third-order valence-electron chi connectivity index (χ3n) is 3.45. The van der Waals surface area contributed by atoms with E-state index in [1.165, 1.54) is 18.2 Å². The van der Waals surface area contributed by atoms with Crippen LogP contribution >= 0.6 is 0 Å². The summed E-state index contributed by atoms with van der Waals surface area (Å²) in [7, 11) is -3.00. The Morgan fingerprint density at radius 3 is 2.65 bits per heavy atom. The van der Waals surface area contributed by atoms with Gasteiger partial charge in [-0.05, 0) is 25.1 Å². The van der Waals surface area contributed by atoms with Crippen molar-refractivity contribution in [2.45, 2.75) is 13.0 Å². The van der Waals surface area contributed by atoms with Gasteiger partial charge in [0.15, 0.2) is 27.1 Å². The Hall–Kier alpha value is -1.60. The van der Waals surface area contributed by atoms with Gasteiger partial charge in [-0.25, -0.2) is 8.42 Å². The Balaban J connectivity index is 2.06. The van der Waals surface area contributed by atoms with Gasteiger partial charge in [0.05, 0.1) is 18.1 Å². The molecule has 6 nitrogen and oxygen atoms in total. The van der Waals surface area contributed by atoms with Crippen molar-refractivity contribution < 1.29 is 23.4 Å². The highest BCUT2D eigenvalue weighted by Gasteiger charge is 2.29. The van der Waals surface area contributed by atoms with E-state index in [0.717, 1.165) is 0 Å². The van der Waals surface area contributed by atoms with Gasteiger partial charge in [-0.2, -0.15) is 0 Å². The van der Waals surface area contributed by atoms with E-state index in [1.807, 2.05) is 4.90 Å². The zero-order chi connectivity index (χ0) is 14.9. The molecule has 0 amide bonds. The van der Waals surface area contributed by atoms with E-state index in [1.54, 1.807) is 6.92 Å². The molecule has 1 aliphatic rings. The predicted octanol–water partition coefficient (Wildman–Crippen LogP) is 0.399. The maximum absolute atomic E-state index is 12.1. The van der Waals surface area contributed by atoms with E-state index in [9.17, 15) is 23.4 Å². The van der Waals surface area contributed by atoms with Gasteiger partial charge in [0.1, 0.15) is 0 Å². The first-order valence-electron chi connectivity index (χ1n) is 6.28. The largest absolute Gasteiger partial charge is 0.504 e. The first kappa shape index (κ1) is 14.8. The number of carbonyl (C=O) groups is 1. The molecule has 110 valence electrons. The fourth-order valence-corrected chi connectivity index (χ4v) is 3.87. The average Bonchev–Trinajstić information content (AvgIpc) is 2.35. The van der Waals surface area contributed by atoms with Gasteiger partial charge < -0.3 is 10.2 Å². The van der Waals surface area contributed by atoms with Crippen LogP contribution < -0.4 is 0 Å². The topological polar surface area (TPSA) is 94.9 Å². The molecule has 2 N–H and O–H groups in total. The normalized spacial score (nSPS) is 22.6. The second kappa shape index (κ2) is 5.41. The zero-order valence-corrected chi connectivity index (χ0v) is 11.9. The van der Waals surface area contributed by atoms with Crippen LogP contribution in [-0.2, 0) is 9.84 Å². The van der Waals surface area contributed by atoms with Crippen LogP contribution in [0, 0.1) is 0 Å². The van der Waals surface area contributed by atoms with Gasteiger partial charge in [-0.1, -0.05) is 0 Å². The fraction of sp³-hybridized carbons (Fsp3) is 0.462. The lowest BCUT2D eigenvalue weighted by atomic mass is 10.1. The number of benzene rings is 1. The lowest BCUT2D eigenvalue weighted by Crippen LogP contribution is -2.48. The number of hydrogen-bond donors (Lipinski definition) is 2. The van der Waals surface area contributed by atoms with E-state index in [4.69, 9.17) is 0 Å². The van der Waals surface area contributed by atoms with Crippen LogP contribution in [0.1, 0.15) is 17.3 Å². The molecule has 1 saturated heterocycles. The summed E-state index contributed by atoms with van der Waals surface area (Å²) in [4.78, 5) is 13.9. The van der Waals surface area contributed by atoms with Crippen LogP contribution in [0.2, 0.25) is 0 Å². The van der Waals surface area contributed by atoms with Gasteiger partial charge in [-0.15, -0.1) is 0 Å². The molecule has 20 heavy (non-hydrogen) atoms. The number of carbonyl (C=O) groups excluding carboxylic acids is 1. The molecule has 0 spiro atoms. The van der Waals surface area contributed by atoms with E-state index < -0.39 is 9.84 Å². The number of nitrogens with zero attached hydrogens (tertiary/aromatic N) is 1. The molecule has 2 rings (SSSR count). The summed E-state index contributed by atoms with van der Waals surface area (Å²) < 4.78 is 22.9. The molecule has 0 aliphatic carbocycles. The fourth-order valence-electron chi connectivity index (χ4n) is 2.24. The number of phenols is 2. The van der Waals surface area contributed by atoms with Crippen molar-refractivity contribution in [2.75, 3.05) is 24.6 Å². The standard InChI is InChI=1S/C13H17NO5S/c1-9-8-20(18,19)5-4-14(9)7-13(17)10-2-3-11(15)12(16)6-10/h2-3,6,9,15-16H,4-5,7-8H2,1H3. The molecule has 0 saturated carbocycles. The van der Waals surface area contributed by atoms with Gasteiger partial charge in [0.25, 0.3) is 0 Å². The van der Waals surface area contributed by atoms with E-state index in [-0.39, 0.29) is 41.4 Å². The van der Waals surface area contributed by atoms with Crippen LogP contribution in [0.3, 0.4) is 0 Å². The van der Waals surface area contributed by atoms with E-state index in [0.29, 0.717) is 12.1 Å². The monoisotopic (exact) mass is 299 g/mol. The summed E-state index contributed by atoms with van der Waals surface area (Å²) in [5, 5.41) is 18.6. The van der Waals surface area contributed by atoms with Crippen molar-refractivity contribution in [1.29, 1.82) is 0 Å². The number of hydrogen-bond acceptors (Lipinski definition) is 6. The third-order valence-corrected chi connectivity index (χ3v) is 5.25. The van der Waals surface area contributed by atoms with Crippen molar-refractivity contribution in [3.8, 4) is 11.5 Å². The SMILES string of the molecule is CC1CS(=O)(=O)CCN1CC(=O)c1ccc(O)c(O)c1. The van der Waals surface area contributed by atoms with E-state index in [2.05, 4.69) is 0 Å². The van der Waals surface area contributed by atoms with Crippen LogP contribution in [0.25, 0.3) is 0 Å². The highest BCUT2D eigenvalue weighted by Crippen LogP contribution is 2.25. The third kappa shape index (κ3) is 3.29. The number of sulfone groups is 1. The zero-order valence-electron chi connectivity index (χ0n) is 11.1. The Morgan fingerprint density at radius 1 is 1.35 bits per heavy atom. The minimum atomic E-state index is -3.00. The lowest BCUT2D eigenvalue weighted by molar-refractivity contribution is 0.0908. The lowest BCUT2D eigenvalue weighted by Gasteiger charge is -2.32. The molecule has 1 fully saturated rings. The Labute approximate surface area is 117 Å². The van der Waals surface area contributed by atoms with Crippen LogP contribution in [0.4, 0.5) is 0 Å². The summed E-state index contributed by atoms with van der Waals surface area (Å²) in [6.45, 7) is 2.21. The molecular formula is C13H17NO5S. The molecule has 1 unspecified atom stereocenters. The first-order chi connectivity index (χ1) is 9.28. The summed E-state index contributed by atoms with van der Waals surface area (Å²) in [6.07, 6.45) is 0. The number of rotatable bonds is 3. The van der Waals surface area contributed by atoms with Crippen LogP contribution in [0.5, 0.6) is 11.5 Å². The highest BCUT2D eigenvalue weighted by atomic mass is 32.2. The quantitative estimate of drug-likeness (QED) is 0.619. The van der Waals surface area contributed by atoms with Crippen molar-refractivity contribution in [1.82, 2.24) is 4.90 Å². The molecular weight excluding hydrogens is 282 g/mol. The molecule has 1 atom stereocenters. The molecule has 0 bridgehead atoms. The molecule has 1 heterocycles. The Morgan fingerprint density at radius 2 is 2.05 bits per heavy atom. The number of ketones is 1. The predicted molar refractivity (Wildman–Crippen MR) is 73.8 cm³/mol. The van der Waals surface area contributed by atoms with Gasteiger partial charge >= 0.3 is 0 Å². The minimum absolute atomic E-state index is 0.0567. The molecule has 0 radical (unpaired) electrons. The summed E-state index contributed by atoms with van der Waals surface area (Å²) in [6, 6.07) is 3.70. The minimum Gasteiger partial charge on any atom is -0.504 e. The molecule has 1 aliphatic heterocycles. The Kier molecular flexibility index (Phi) is 4.01. The Bertz CT molecular complexity index is 626. The second-order valence-electron chi connectivity index (χ2n) is 5.06. The summed E-state index contributed by atoms with van der Waals surface area (Å²) in [5.74, 6) is -0.720.